The second-order valence-corrected chi connectivity index (χ2v) is 5.96. The predicted octanol–water partition coefficient (Wildman–Crippen LogP) is 2.69. The molecular formula is C16H27NO3. The lowest BCUT2D eigenvalue weighted by Gasteiger charge is -2.32. The molecule has 0 aliphatic rings. The quantitative estimate of drug-likeness (QED) is 0.834. The standard InChI is InChI=1S/C16H27NO3/c1-12(2)17(11-16(3,4)18)10-13-8-7-9-14(19-5)15(13)20-6/h7-9,12,18H,10-11H2,1-6H3. The first-order valence-electron chi connectivity index (χ1n) is 6.94. The molecule has 0 bridgehead atoms. The van der Waals surface area contributed by atoms with Gasteiger partial charge in [-0.3, -0.25) is 4.90 Å². The SMILES string of the molecule is COc1cccc(CN(CC(C)(C)O)C(C)C)c1OC. The van der Waals surface area contributed by atoms with Crippen molar-refractivity contribution in [2.45, 2.75) is 45.9 Å². The van der Waals surface area contributed by atoms with Gasteiger partial charge in [0.1, 0.15) is 0 Å². The van der Waals surface area contributed by atoms with Crippen LogP contribution in [0, 0.1) is 0 Å². The molecule has 0 aliphatic carbocycles. The third-order valence-electron chi connectivity index (χ3n) is 3.18. The predicted molar refractivity (Wildman–Crippen MR) is 81.4 cm³/mol. The molecule has 0 unspecified atom stereocenters. The number of methoxy groups -OCH3 is 2. The maximum atomic E-state index is 10.0. The Morgan fingerprint density at radius 3 is 2.30 bits per heavy atom. The van der Waals surface area contributed by atoms with E-state index in [1.54, 1.807) is 14.2 Å². The van der Waals surface area contributed by atoms with E-state index >= 15 is 0 Å². The first kappa shape index (κ1) is 16.8. The highest BCUT2D eigenvalue weighted by atomic mass is 16.5. The Hall–Kier alpha value is -1.26. The highest BCUT2D eigenvalue weighted by molar-refractivity contribution is 5.46. The molecule has 1 N–H and O–H groups in total. The van der Waals surface area contributed by atoms with Crippen LogP contribution in [0.25, 0.3) is 0 Å². The number of rotatable bonds is 7. The number of hydrogen-bond donors (Lipinski definition) is 1. The van der Waals surface area contributed by atoms with E-state index in [9.17, 15) is 5.11 Å². The van der Waals surface area contributed by atoms with Gasteiger partial charge in [-0.15, -0.1) is 0 Å². The number of benzene rings is 1. The topological polar surface area (TPSA) is 41.9 Å². The Balaban J connectivity index is 2.99. The summed E-state index contributed by atoms with van der Waals surface area (Å²) in [5.74, 6) is 1.49. The van der Waals surface area contributed by atoms with Gasteiger partial charge >= 0.3 is 0 Å². The van der Waals surface area contributed by atoms with Crippen molar-refractivity contribution in [1.82, 2.24) is 4.90 Å². The van der Waals surface area contributed by atoms with E-state index in [1.807, 2.05) is 32.0 Å². The summed E-state index contributed by atoms with van der Waals surface area (Å²) in [4.78, 5) is 2.22. The molecule has 114 valence electrons. The van der Waals surface area contributed by atoms with Gasteiger partial charge in [0.15, 0.2) is 11.5 Å². The lowest BCUT2D eigenvalue weighted by atomic mass is 10.1. The maximum Gasteiger partial charge on any atom is 0.165 e. The second kappa shape index (κ2) is 6.95. The Kier molecular flexibility index (Phi) is 5.84. The largest absolute Gasteiger partial charge is 0.493 e. The fourth-order valence-corrected chi connectivity index (χ4v) is 2.22. The van der Waals surface area contributed by atoms with Gasteiger partial charge in [0.05, 0.1) is 19.8 Å². The smallest absolute Gasteiger partial charge is 0.165 e. The zero-order valence-electron chi connectivity index (χ0n) is 13.4. The van der Waals surface area contributed by atoms with Crippen molar-refractivity contribution in [1.29, 1.82) is 0 Å². The number of hydrogen-bond acceptors (Lipinski definition) is 4. The zero-order chi connectivity index (χ0) is 15.3. The molecule has 0 aromatic heterocycles. The van der Waals surface area contributed by atoms with Gasteiger partial charge in [0.25, 0.3) is 0 Å². The minimum absolute atomic E-state index is 0.331. The summed E-state index contributed by atoms with van der Waals surface area (Å²) < 4.78 is 10.8. The molecule has 1 rings (SSSR count). The molecule has 4 nitrogen and oxygen atoms in total. The van der Waals surface area contributed by atoms with Crippen molar-refractivity contribution in [3.05, 3.63) is 23.8 Å². The zero-order valence-corrected chi connectivity index (χ0v) is 13.4. The molecule has 0 radical (unpaired) electrons. The number of para-hydroxylation sites is 1. The molecule has 0 saturated heterocycles. The summed E-state index contributed by atoms with van der Waals surface area (Å²) in [6, 6.07) is 6.20. The van der Waals surface area contributed by atoms with Crippen LogP contribution in [0.15, 0.2) is 18.2 Å². The summed E-state index contributed by atoms with van der Waals surface area (Å²) in [6.07, 6.45) is 0. The van der Waals surface area contributed by atoms with E-state index in [0.29, 0.717) is 19.1 Å². The van der Waals surface area contributed by atoms with Crippen LogP contribution in [0.3, 0.4) is 0 Å². The molecule has 0 atom stereocenters. The minimum atomic E-state index is -0.726. The fraction of sp³-hybridized carbons (Fsp3) is 0.625. The Morgan fingerprint density at radius 2 is 1.85 bits per heavy atom. The molecule has 0 amide bonds. The van der Waals surface area contributed by atoms with Crippen LogP contribution in [0.2, 0.25) is 0 Å². The van der Waals surface area contributed by atoms with Crippen LogP contribution in [0.5, 0.6) is 11.5 Å². The average molecular weight is 281 g/mol. The van der Waals surface area contributed by atoms with Crippen molar-refractivity contribution in [2.75, 3.05) is 20.8 Å². The minimum Gasteiger partial charge on any atom is -0.493 e. The van der Waals surface area contributed by atoms with Gasteiger partial charge in [0, 0.05) is 24.7 Å². The molecule has 1 aromatic rings. The molecular weight excluding hydrogens is 254 g/mol. The lowest BCUT2D eigenvalue weighted by Crippen LogP contribution is -2.41. The van der Waals surface area contributed by atoms with Gasteiger partial charge in [-0.05, 0) is 33.8 Å². The van der Waals surface area contributed by atoms with Gasteiger partial charge in [-0.2, -0.15) is 0 Å². The molecule has 1 aromatic carbocycles. The third kappa shape index (κ3) is 4.69. The molecule has 20 heavy (non-hydrogen) atoms. The van der Waals surface area contributed by atoms with Gasteiger partial charge in [0.2, 0.25) is 0 Å². The molecule has 0 heterocycles. The van der Waals surface area contributed by atoms with E-state index in [0.717, 1.165) is 17.1 Å². The molecule has 0 aliphatic heterocycles. The van der Waals surface area contributed by atoms with Crippen molar-refractivity contribution >= 4 is 0 Å². The summed E-state index contributed by atoms with van der Waals surface area (Å²) in [5.41, 5.74) is 0.334. The van der Waals surface area contributed by atoms with E-state index in [4.69, 9.17) is 9.47 Å². The van der Waals surface area contributed by atoms with Crippen LogP contribution in [0.4, 0.5) is 0 Å². The van der Waals surface area contributed by atoms with Crippen molar-refractivity contribution < 1.29 is 14.6 Å². The van der Waals surface area contributed by atoms with E-state index in [1.165, 1.54) is 0 Å². The summed E-state index contributed by atoms with van der Waals surface area (Å²) in [7, 11) is 3.29. The fourth-order valence-electron chi connectivity index (χ4n) is 2.22. The first-order chi connectivity index (χ1) is 9.28. The third-order valence-corrected chi connectivity index (χ3v) is 3.18. The van der Waals surface area contributed by atoms with E-state index in [2.05, 4.69) is 18.7 Å². The van der Waals surface area contributed by atoms with E-state index < -0.39 is 5.60 Å². The van der Waals surface area contributed by atoms with Gasteiger partial charge < -0.3 is 14.6 Å². The first-order valence-corrected chi connectivity index (χ1v) is 6.94. The summed E-state index contributed by atoms with van der Waals surface area (Å²) >= 11 is 0. The number of aliphatic hydroxyl groups is 1. The normalized spacial score (nSPS) is 12.1. The Morgan fingerprint density at radius 1 is 1.20 bits per heavy atom. The molecule has 0 fully saturated rings. The van der Waals surface area contributed by atoms with Crippen molar-refractivity contribution in [3.8, 4) is 11.5 Å². The highest BCUT2D eigenvalue weighted by Gasteiger charge is 2.22. The van der Waals surface area contributed by atoms with Crippen LogP contribution in [-0.4, -0.2) is 42.4 Å². The lowest BCUT2D eigenvalue weighted by molar-refractivity contribution is 0.0222. The van der Waals surface area contributed by atoms with Crippen molar-refractivity contribution in [2.24, 2.45) is 0 Å². The second-order valence-electron chi connectivity index (χ2n) is 5.96. The number of ether oxygens (including phenoxy) is 2. The number of nitrogens with zero attached hydrogens (tertiary/aromatic N) is 1. The highest BCUT2D eigenvalue weighted by Crippen LogP contribution is 2.32. The van der Waals surface area contributed by atoms with Gasteiger partial charge in [-0.1, -0.05) is 12.1 Å². The maximum absolute atomic E-state index is 10.0. The van der Waals surface area contributed by atoms with Crippen LogP contribution < -0.4 is 9.47 Å². The average Bonchev–Trinajstić information content (AvgIpc) is 2.35. The Labute approximate surface area is 122 Å². The molecule has 0 saturated carbocycles. The van der Waals surface area contributed by atoms with Gasteiger partial charge in [-0.25, -0.2) is 0 Å². The Bertz CT molecular complexity index is 424. The van der Waals surface area contributed by atoms with E-state index in [-0.39, 0.29) is 0 Å². The molecule has 4 heteroatoms. The summed E-state index contributed by atoms with van der Waals surface area (Å²) in [5, 5.41) is 10.0. The molecule has 0 spiro atoms. The van der Waals surface area contributed by atoms with Crippen LogP contribution in [-0.2, 0) is 6.54 Å². The summed E-state index contributed by atoms with van der Waals surface area (Å²) in [6.45, 7) is 9.21. The van der Waals surface area contributed by atoms with Crippen LogP contribution in [0.1, 0.15) is 33.3 Å². The van der Waals surface area contributed by atoms with Crippen LogP contribution >= 0.6 is 0 Å². The monoisotopic (exact) mass is 281 g/mol. The van der Waals surface area contributed by atoms with Crippen molar-refractivity contribution in [3.63, 3.8) is 0 Å².